The highest BCUT2D eigenvalue weighted by Crippen LogP contribution is 2.28. The number of anilines is 1. The molecule has 0 aliphatic carbocycles. The van der Waals surface area contributed by atoms with Crippen LogP contribution in [-0.2, 0) is 19.5 Å². The van der Waals surface area contributed by atoms with Gasteiger partial charge in [-0.3, -0.25) is 0 Å². The third kappa shape index (κ3) is 2.66. The van der Waals surface area contributed by atoms with Crippen molar-refractivity contribution >= 4 is 5.69 Å². The van der Waals surface area contributed by atoms with E-state index >= 15 is 0 Å². The zero-order valence-corrected chi connectivity index (χ0v) is 11.4. The molecule has 2 aromatic rings. The summed E-state index contributed by atoms with van der Waals surface area (Å²) in [6.45, 7) is 2.83. The molecule has 3 heteroatoms. The van der Waals surface area contributed by atoms with E-state index in [4.69, 9.17) is 4.42 Å². The van der Waals surface area contributed by atoms with Crippen LogP contribution in [0.4, 0.5) is 5.69 Å². The third-order valence-corrected chi connectivity index (χ3v) is 3.64. The number of nitrogens with zero attached hydrogens (tertiary/aromatic N) is 1. The van der Waals surface area contributed by atoms with Crippen LogP contribution in [0.5, 0.6) is 0 Å². The molecule has 19 heavy (non-hydrogen) atoms. The van der Waals surface area contributed by atoms with Crippen LogP contribution in [0.1, 0.15) is 23.3 Å². The molecule has 0 radical (unpaired) electrons. The average Bonchev–Trinajstić information content (AvgIpc) is 2.87. The van der Waals surface area contributed by atoms with Gasteiger partial charge in [0.05, 0.1) is 12.8 Å². The molecule has 0 atom stereocenters. The fraction of sp³-hybridized carbons (Fsp3) is 0.375. The van der Waals surface area contributed by atoms with E-state index in [0.717, 1.165) is 25.4 Å². The summed E-state index contributed by atoms with van der Waals surface area (Å²) in [7, 11) is 1.95. The number of aryl methyl sites for hydroxylation is 1. The van der Waals surface area contributed by atoms with Gasteiger partial charge in [-0.25, -0.2) is 0 Å². The first-order chi connectivity index (χ1) is 9.36. The second kappa shape index (κ2) is 5.49. The molecular weight excluding hydrogens is 236 g/mol. The maximum absolute atomic E-state index is 5.65. The Balaban J connectivity index is 1.76. The normalized spacial score (nSPS) is 14.5. The number of hydrogen-bond acceptors (Lipinski definition) is 3. The van der Waals surface area contributed by atoms with Crippen molar-refractivity contribution in [3.8, 4) is 0 Å². The highest BCUT2D eigenvalue weighted by atomic mass is 16.3. The van der Waals surface area contributed by atoms with E-state index in [2.05, 4.69) is 40.5 Å². The van der Waals surface area contributed by atoms with Crippen LogP contribution < -0.4 is 10.2 Å². The summed E-state index contributed by atoms with van der Waals surface area (Å²) in [6.07, 6.45) is 4.26. The van der Waals surface area contributed by atoms with E-state index < -0.39 is 0 Å². The zero-order valence-electron chi connectivity index (χ0n) is 11.4. The molecule has 0 unspecified atom stereocenters. The summed E-state index contributed by atoms with van der Waals surface area (Å²) in [5, 5.41) is 3.14. The second-order valence-corrected chi connectivity index (χ2v) is 5.11. The van der Waals surface area contributed by atoms with Gasteiger partial charge in [-0.2, -0.15) is 0 Å². The number of hydrogen-bond donors (Lipinski definition) is 1. The number of rotatable bonds is 4. The maximum atomic E-state index is 5.65. The molecule has 0 saturated carbocycles. The van der Waals surface area contributed by atoms with E-state index in [1.165, 1.54) is 29.7 Å². The van der Waals surface area contributed by atoms with E-state index in [9.17, 15) is 0 Å². The van der Waals surface area contributed by atoms with Crippen LogP contribution in [0.25, 0.3) is 0 Å². The lowest BCUT2D eigenvalue weighted by Crippen LogP contribution is -2.28. The highest BCUT2D eigenvalue weighted by molar-refractivity contribution is 5.55. The lowest BCUT2D eigenvalue weighted by Gasteiger charge is -2.30. The lowest BCUT2D eigenvalue weighted by atomic mass is 10.0. The van der Waals surface area contributed by atoms with Crippen LogP contribution in [0.3, 0.4) is 0 Å². The Morgan fingerprint density at radius 2 is 2.21 bits per heavy atom. The molecule has 2 heterocycles. The molecule has 0 saturated heterocycles. The van der Waals surface area contributed by atoms with Gasteiger partial charge < -0.3 is 14.6 Å². The molecule has 3 nitrogen and oxygen atoms in total. The topological polar surface area (TPSA) is 28.4 Å². The molecule has 0 bridgehead atoms. The summed E-state index contributed by atoms with van der Waals surface area (Å²) in [5.74, 6) is 1.04. The minimum absolute atomic E-state index is 0.861. The van der Waals surface area contributed by atoms with Crippen molar-refractivity contribution in [2.45, 2.75) is 25.9 Å². The van der Waals surface area contributed by atoms with Crippen molar-refractivity contribution in [2.24, 2.45) is 0 Å². The molecule has 0 fully saturated rings. The van der Waals surface area contributed by atoms with Crippen LogP contribution in [-0.4, -0.2) is 13.6 Å². The Morgan fingerprint density at radius 3 is 3.11 bits per heavy atom. The van der Waals surface area contributed by atoms with E-state index in [1.54, 1.807) is 0 Å². The number of nitrogens with one attached hydrogen (secondary N) is 1. The van der Waals surface area contributed by atoms with Gasteiger partial charge in [-0.1, -0.05) is 18.2 Å². The largest absolute Gasteiger partial charge is 0.467 e. The van der Waals surface area contributed by atoms with Crippen molar-refractivity contribution in [1.29, 1.82) is 0 Å². The first kappa shape index (κ1) is 12.3. The van der Waals surface area contributed by atoms with Gasteiger partial charge in [-0.15, -0.1) is 0 Å². The van der Waals surface area contributed by atoms with Gasteiger partial charge >= 0.3 is 0 Å². The smallest absolute Gasteiger partial charge is 0.123 e. The van der Waals surface area contributed by atoms with Gasteiger partial charge in [0, 0.05) is 24.3 Å². The monoisotopic (exact) mass is 256 g/mol. The maximum Gasteiger partial charge on any atom is 0.123 e. The Kier molecular flexibility index (Phi) is 3.56. The first-order valence-electron chi connectivity index (χ1n) is 6.90. The molecular formula is C16H20N2O. The summed E-state index contributed by atoms with van der Waals surface area (Å²) in [4.78, 5) is 2.42. The predicted molar refractivity (Wildman–Crippen MR) is 77.3 cm³/mol. The Bertz CT molecular complexity index is 547. The SMILES string of the molecule is CNCc1coc(CN2CCCc3ccccc32)c1. The molecule has 100 valence electrons. The lowest BCUT2D eigenvalue weighted by molar-refractivity contribution is 0.495. The first-order valence-corrected chi connectivity index (χ1v) is 6.90. The van der Waals surface area contributed by atoms with E-state index in [-0.39, 0.29) is 0 Å². The van der Waals surface area contributed by atoms with Crippen LogP contribution in [0, 0.1) is 0 Å². The van der Waals surface area contributed by atoms with Crippen molar-refractivity contribution in [1.82, 2.24) is 5.32 Å². The van der Waals surface area contributed by atoms with Crippen LogP contribution >= 0.6 is 0 Å². The van der Waals surface area contributed by atoms with Crippen molar-refractivity contribution in [3.05, 3.63) is 53.5 Å². The summed E-state index contributed by atoms with van der Waals surface area (Å²) >= 11 is 0. The fourth-order valence-corrected chi connectivity index (χ4v) is 2.77. The number of para-hydroxylation sites is 1. The van der Waals surface area contributed by atoms with Crippen LogP contribution in [0.2, 0.25) is 0 Å². The number of fused-ring (bicyclic) bond motifs is 1. The standard InChI is InChI=1S/C16H20N2O/c1-17-10-13-9-15(19-12-13)11-18-8-4-6-14-5-2-3-7-16(14)18/h2-3,5,7,9,12,17H,4,6,8,10-11H2,1H3. The molecule has 1 aromatic heterocycles. The Labute approximate surface area is 114 Å². The van der Waals surface area contributed by atoms with Crippen molar-refractivity contribution in [2.75, 3.05) is 18.5 Å². The molecule has 1 aromatic carbocycles. The Hall–Kier alpha value is -1.74. The molecule has 0 spiro atoms. The van der Waals surface area contributed by atoms with Crippen molar-refractivity contribution in [3.63, 3.8) is 0 Å². The van der Waals surface area contributed by atoms with Gasteiger partial charge in [0.25, 0.3) is 0 Å². The molecule has 1 N–H and O–H groups in total. The summed E-state index contributed by atoms with van der Waals surface area (Å²) in [6, 6.07) is 10.8. The molecule has 0 amide bonds. The average molecular weight is 256 g/mol. The summed E-state index contributed by atoms with van der Waals surface area (Å²) < 4.78 is 5.65. The number of benzene rings is 1. The minimum Gasteiger partial charge on any atom is -0.467 e. The van der Waals surface area contributed by atoms with Crippen LogP contribution in [0.15, 0.2) is 41.0 Å². The molecule has 3 rings (SSSR count). The minimum atomic E-state index is 0.861. The predicted octanol–water partition coefficient (Wildman–Crippen LogP) is 2.95. The van der Waals surface area contributed by atoms with Gasteiger partial charge in [-0.05, 0) is 37.6 Å². The summed E-state index contributed by atoms with van der Waals surface area (Å²) in [5.41, 5.74) is 4.03. The molecule has 1 aliphatic rings. The Morgan fingerprint density at radius 1 is 1.32 bits per heavy atom. The van der Waals surface area contributed by atoms with Gasteiger partial charge in [0.15, 0.2) is 0 Å². The van der Waals surface area contributed by atoms with Crippen molar-refractivity contribution < 1.29 is 4.42 Å². The second-order valence-electron chi connectivity index (χ2n) is 5.11. The highest BCUT2D eigenvalue weighted by Gasteiger charge is 2.17. The number of furan rings is 1. The quantitative estimate of drug-likeness (QED) is 0.911. The fourth-order valence-electron chi connectivity index (χ4n) is 2.77. The van der Waals surface area contributed by atoms with Gasteiger partial charge in [0.2, 0.25) is 0 Å². The van der Waals surface area contributed by atoms with E-state index in [0.29, 0.717) is 0 Å². The zero-order chi connectivity index (χ0) is 13.1. The van der Waals surface area contributed by atoms with Gasteiger partial charge in [0.1, 0.15) is 5.76 Å². The van der Waals surface area contributed by atoms with E-state index in [1.807, 2.05) is 13.3 Å². The molecule has 1 aliphatic heterocycles. The third-order valence-electron chi connectivity index (χ3n) is 3.64.